The molecule has 3 fully saturated rings. The van der Waals surface area contributed by atoms with Crippen molar-refractivity contribution >= 4 is 23.4 Å². The Hall–Kier alpha value is -1.72. The highest BCUT2D eigenvalue weighted by Gasteiger charge is 2.34. The molecule has 0 spiro atoms. The molecule has 6 unspecified atom stereocenters. The van der Waals surface area contributed by atoms with Crippen molar-refractivity contribution in [3.05, 3.63) is 0 Å². The summed E-state index contributed by atoms with van der Waals surface area (Å²) in [7, 11) is 0. The summed E-state index contributed by atoms with van der Waals surface area (Å²) < 4.78 is 0. The lowest BCUT2D eigenvalue weighted by Gasteiger charge is -2.34. The van der Waals surface area contributed by atoms with Crippen LogP contribution in [0.5, 0.6) is 0 Å². The number of nitrogens with one attached hydrogen (secondary N) is 2. The molecule has 0 saturated heterocycles. The largest absolute Gasteiger partial charge is 0.351 e. The Balaban J connectivity index is 1.53. The van der Waals surface area contributed by atoms with Crippen LogP contribution < -0.4 is 10.6 Å². The van der Waals surface area contributed by atoms with Gasteiger partial charge in [0.2, 0.25) is 11.8 Å². The third-order valence-corrected chi connectivity index (χ3v) is 21.0. The van der Waals surface area contributed by atoms with Crippen molar-refractivity contribution in [2.75, 3.05) is 0 Å². The molecular weight excluding hydrogens is 993 g/mol. The van der Waals surface area contributed by atoms with Gasteiger partial charge in [-0.3, -0.25) is 19.2 Å². The fourth-order valence-electron chi connectivity index (χ4n) is 15.7. The van der Waals surface area contributed by atoms with E-state index in [0.29, 0.717) is 36.2 Å². The monoisotopic (exact) mass is 1130 g/mol. The van der Waals surface area contributed by atoms with Gasteiger partial charge in [-0.25, -0.2) is 0 Å². The van der Waals surface area contributed by atoms with Gasteiger partial charge in [0, 0.05) is 49.6 Å². The van der Waals surface area contributed by atoms with E-state index in [1.807, 2.05) is 0 Å². The van der Waals surface area contributed by atoms with Gasteiger partial charge in [-0.15, -0.1) is 0 Å². The van der Waals surface area contributed by atoms with Crippen molar-refractivity contribution in [3.8, 4) is 0 Å². The Kier molecular flexibility index (Phi) is 44.8. The SMILES string of the molecule is CCCCCCCCC1CC(CCCCCCC(=O)C[C@@H]2CCCC[C@H]2CC(=O)C(CCCC)CCCCCC)CC(CCCCCCC(=O)N[C@H]2CCCC[C@@H]2NC(=O)C(CCCC)CCCCCC)CC1CCCCCCCC. The van der Waals surface area contributed by atoms with Crippen molar-refractivity contribution in [1.29, 1.82) is 0 Å². The van der Waals surface area contributed by atoms with Crippen molar-refractivity contribution in [3.63, 3.8) is 0 Å². The van der Waals surface area contributed by atoms with E-state index in [1.165, 1.54) is 212 Å². The number of amides is 2. The fourth-order valence-corrected chi connectivity index (χ4v) is 15.7. The van der Waals surface area contributed by atoms with Crippen LogP contribution in [0.15, 0.2) is 0 Å². The Bertz CT molecular complexity index is 1420. The van der Waals surface area contributed by atoms with E-state index in [4.69, 9.17) is 0 Å². The lowest BCUT2D eigenvalue weighted by atomic mass is 9.72. The molecule has 474 valence electrons. The number of unbranched alkanes of at least 4 members (excludes halogenated alkanes) is 24. The van der Waals surface area contributed by atoms with E-state index in [2.05, 4.69) is 52.2 Å². The van der Waals surface area contributed by atoms with Crippen molar-refractivity contribution in [1.82, 2.24) is 10.6 Å². The van der Waals surface area contributed by atoms with Gasteiger partial charge in [0.15, 0.2) is 0 Å². The zero-order valence-corrected chi connectivity index (χ0v) is 55.3. The molecule has 3 saturated carbocycles. The minimum absolute atomic E-state index is 0.0655. The molecule has 81 heavy (non-hydrogen) atoms. The van der Waals surface area contributed by atoms with E-state index >= 15 is 0 Å². The van der Waals surface area contributed by atoms with Crippen LogP contribution in [-0.2, 0) is 19.2 Å². The quantitative estimate of drug-likeness (QED) is 0.0469. The van der Waals surface area contributed by atoms with Gasteiger partial charge >= 0.3 is 0 Å². The molecule has 10 atom stereocenters. The molecular formula is C75H140N2O4. The topological polar surface area (TPSA) is 92.3 Å². The average molecular weight is 1130 g/mol. The van der Waals surface area contributed by atoms with Crippen molar-refractivity contribution < 1.29 is 19.2 Å². The Morgan fingerprint density at radius 3 is 1.25 bits per heavy atom. The molecule has 2 N–H and O–H groups in total. The third kappa shape index (κ3) is 34.9. The summed E-state index contributed by atoms with van der Waals surface area (Å²) in [6, 6.07) is 0.132. The number of ketones is 2. The minimum Gasteiger partial charge on any atom is -0.351 e. The molecule has 0 aliphatic heterocycles. The minimum atomic E-state index is 0.0655. The first-order valence-electron chi connectivity index (χ1n) is 37.3. The van der Waals surface area contributed by atoms with Gasteiger partial charge in [0.05, 0.1) is 0 Å². The van der Waals surface area contributed by atoms with Gasteiger partial charge in [-0.1, -0.05) is 286 Å². The lowest BCUT2D eigenvalue weighted by Crippen LogP contribution is -2.54. The number of rotatable bonds is 52. The summed E-state index contributed by atoms with van der Waals surface area (Å²) in [5, 5.41) is 6.90. The maximum absolute atomic E-state index is 13.8. The molecule has 0 bridgehead atoms. The first kappa shape index (κ1) is 73.5. The van der Waals surface area contributed by atoms with Crippen molar-refractivity contribution in [2.45, 2.75) is 407 Å². The zero-order chi connectivity index (χ0) is 58.4. The second-order valence-corrected chi connectivity index (χ2v) is 28.1. The Morgan fingerprint density at radius 2 is 0.728 bits per heavy atom. The Morgan fingerprint density at radius 1 is 0.346 bits per heavy atom. The summed E-state index contributed by atoms with van der Waals surface area (Å²) in [6.07, 6.45) is 66.3. The molecule has 0 aromatic rings. The summed E-state index contributed by atoms with van der Waals surface area (Å²) in [5.41, 5.74) is 0. The predicted octanol–water partition coefficient (Wildman–Crippen LogP) is 22.6. The summed E-state index contributed by atoms with van der Waals surface area (Å²) in [4.78, 5) is 54.4. The average Bonchev–Trinajstić information content (AvgIpc) is 3.65. The van der Waals surface area contributed by atoms with E-state index in [0.717, 1.165) is 152 Å². The molecule has 0 aromatic carbocycles. The fraction of sp³-hybridized carbons (Fsp3) is 0.947. The van der Waals surface area contributed by atoms with Gasteiger partial charge in [-0.05, 0) is 119 Å². The van der Waals surface area contributed by atoms with Crippen LogP contribution in [0.4, 0.5) is 0 Å². The van der Waals surface area contributed by atoms with Crippen LogP contribution >= 0.6 is 0 Å². The van der Waals surface area contributed by atoms with Gasteiger partial charge in [0.1, 0.15) is 11.6 Å². The van der Waals surface area contributed by atoms with E-state index < -0.39 is 0 Å². The molecule has 6 heteroatoms. The van der Waals surface area contributed by atoms with E-state index in [9.17, 15) is 19.2 Å². The maximum atomic E-state index is 13.8. The molecule has 3 aliphatic carbocycles. The van der Waals surface area contributed by atoms with Crippen LogP contribution in [0.2, 0.25) is 0 Å². The number of Topliss-reactive ketones (excluding diaryl/α,β-unsaturated/α-hetero) is 2. The maximum Gasteiger partial charge on any atom is 0.223 e. The molecule has 0 heterocycles. The zero-order valence-electron chi connectivity index (χ0n) is 55.3. The second kappa shape index (κ2) is 49.4. The first-order chi connectivity index (χ1) is 39.6. The van der Waals surface area contributed by atoms with Crippen LogP contribution in [-0.4, -0.2) is 35.5 Å². The highest BCUT2D eigenvalue weighted by molar-refractivity contribution is 5.82. The van der Waals surface area contributed by atoms with E-state index in [1.54, 1.807) is 0 Å². The van der Waals surface area contributed by atoms with Gasteiger partial charge in [0.25, 0.3) is 0 Å². The number of hydrogen-bond acceptors (Lipinski definition) is 4. The molecule has 3 aliphatic rings. The standard InChI is InChI=1S/C75H140N2O4/c1-7-13-19-23-25-35-49-66-58-62(43-31-27-29-37-53-70(78)60-68-51-39-40-52-69(68)61-73(79)64(45-17-11-5)47-33-21-15-9-3)57-63(59-67(66)50-36-26-24-20-14-8-2)44-32-28-30-38-56-74(80)76-71-54-41-42-55-72(71)77-75(81)65(46-18-12-6)48-34-22-16-10-4/h62-69,71-72H,7-61H2,1-6H3,(H,76,80)(H,77,81)/t62?,63?,64?,65?,66?,67?,68-,69-,71-,72-/m0/s1. The summed E-state index contributed by atoms with van der Waals surface area (Å²) in [6.45, 7) is 13.7. The summed E-state index contributed by atoms with van der Waals surface area (Å²) >= 11 is 0. The third-order valence-electron chi connectivity index (χ3n) is 21.0. The highest BCUT2D eigenvalue weighted by Crippen LogP contribution is 2.44. The molecule has 6 nitrogen and oxygen atoms in total. The second-order valence-electron chi connectivity index (χ2n) is 28.1. The lowest BCUT2D eigenvalue weighted by molar-refractivity contribution is -0.128. The van der Waals surface area contributed by atoms with Crippen molar-refractivity contribution in [2.24, 2.45) is 47.3 Å². The molecule has 2 amide bonds. The molecule has 0 aromatic heterocycles. The predicted molar refractivity (Wildman–Crippen MR) is 350 cm³/mol. The van der Waals surface area contributed by atoms with Crippen LogP contribution in [0.3, 0.4) is 0 Å². The van der Waals surface area contributed by atoms with E-state index in [-0.39, 0.29) is 35.7 Å². The van der Waals surface area contributed by atoms with Crippen LogP contribution in [0, 0.1) is 47.3 Å². The van der Waals surface area contributed by atoms with Crippen LogP contribution in [0.1, 0.15) is 395 Å². The number of carbonyl (C=O) groups is 4. The Labute approximate surface area is 504 Å². The smallest absolute Gasteiger partial charge is 0.223 e. The molecule has 0 radical (unpaired) electrons. The summed E-state index contributed by atoms with van der Waals surface area (Å²) in [5.74, 6) is 6.05. The van der Waals surface area contributed by atoms with Gasteiger partial charge in [-0.2, -0.15) is 0 Å². The van der Waals surface area contributed by atoms with Crippen LogP contribution in [0.25, 0.3) is 0 Å². The molecule has 3 rings (SSSR count). The van der Waals surface area contributed by atoms with Gasteiger partial charge < -0.3 is 10.6 Å². The first-order valence-corrected chi connectivity index (χ1v) is 37.3. The highest BCUT2D eigenvalue weighted by atomic mass is 16.2. The number of carbonyl (C=O) groups excluding carboxylic acids is 4. The number of hydrogen-bond donors (Lipinski definition) is 2. The normalized spacial score (nSPS) is 23.2.